The third-order valence-corrected chi connectivity index (χ3v) is 3.86. The van der Waals surface area contributed by atoms with Gasteiger partial charge in [0.2, 0.25) is 0 Å². The van der Waals surface area contributed by atoms with Gasteiger partial charge in [0.05, 0.1) is 13.7 Å². The predicted molar refractivity (Wildman–Crippen MR) is 80.5 cm³/mol. The molecule has 0 aliphatic carbocycles. The molecule has 5 nitrogen and oxygen atoms in total. The Morgan fingerprint density at radius 3 is 2.59 bits per heavy atom. The van der Waals surface area contributed by atoms with Crippen molar-refractivity contribution in [1.82, 2.24) is 0 Å². The van der Waals surface area contributed by atoms with Crippen LogP contribution in [0.1, 0.15) is 19.4 Å². The van der Waals surface area contributed by atoms with Crippen molar-refractivity contribution in [3.8, 4) is 5.75 Å². The monoisotopic (exact) mass is 306 g/mol. The maximum atomic E-state index is 6.03. The van der Waals surface area contributed by atoms with Gasteiger partial charge < -0.3 is 23.7 Å². The predicted octanol–water partition coefficient (Wildman–Crippen LogP) is 2.64. The van der Waals surface area contributed by atoms with Crippen molar-refractivity contribution in [3.05, 3.63) is 42.5 Å². The van der Waals surface area contributed by atoms with E-state index >= 15 is 0 Å². The minimum atomic E-state index is -0.650. The van der Waals surface area contributed by atoms with Crippen LogP contribution in [-0.2, 0) is 25.6 Å². The van der Waals surface area contributed by atoms with Gasteiger partial charge in [-0.05, 0) is 31.5 Å². The molecule has 1 aromatic carbocycles. The summed E-state index contributed by atoms with van der Waals surface area (Å²) in [6.45, 7) is 8.02. The van der Waals surface area contributed by atoms with Gasteiger partial charge in [0.15, 0.2) is 12.1 Å². The third kappa shape index (κ3) is 3.03. The largest absolute Gasteiger partial charge is 0.497 e. The molecule has 2 unspecified atom stereocenters. The van der Waals surface area contributed by atoms with E-state index in [9.17, 15) is 0 Å². The van der Waals surface area contributed by atoms with Gasteiger partial charge in [-0.2, -0.15) is 0 Å². The van der Waals surface area contributed by atoms with Crippen molar-refractivity contribution in [2.45, 2.75) is 50.8 Å². The molecule has 0 bridgehead atoms. The summed E-state index contributed by atoms with van der Waals surface area (Å²) < 4.78 is 28.6. The second-order valence-electron chi connectivity index (χ2n) is 5.93. The summed E-state index contributed by atoms with van der Waals surface area (Å²) >= 11 is 0. The van der Waals surface area contributed by atoms with E-state index in [-0.39, 0.29) is 18.3 Å². The highest BCUT2D eigenvalue weighted by molar-refractivity contribution is 5.26. The Morgan fingerprint density at radius 2 is 1.95 bits per heavy atom. The fourth-order valence-electron chi connectivity index (χ4n) is 2.80. The molecule has 0 saturated carbocycles. The lowest BCUT2D eigenvalue weighted by Gasteiger charge is -2.24. The molecule has 120 valence electrons. The molecule has 0 N–H and O–H groups in total. The van der Waals surface area contributed by atoms with Crippen LogP contribution in [0.25, 0.3) is 0 Å². The van der Waals surface area contributed by atoms with Crippen LogP contribution < -0.4 is 4.74 Å². The van der Waals surface area contributed by atoms with Crippen LogP contribution in [0.15, 0.2) is 36.9 Å². The van der Waals surface area contributed by atoms with Gasteiger partial charge >= 0.3 is 0 Å². The summed E-state index contributed by atoms with van der Waals surface area (Å²) in [5, 5.41) is 0. The Hall–Kier alpha value is -1.40. The van der Waals surface area contributed by atoms with Gasteiger partial charge in [-0.1, -0.05) is 18.2 Å². The molecule has 0 amide bonds. The first-order chi connectivity index (χ1) is 10.5. The van der Waals surface area contributed by atoms with E-state index in [1.807, 2.05) is 38.1 Å². The Balaban J connectivity index is 1.65. The van der Waals surface area contributed by atoms with Gasteiger partial charge in [-0.15, -0.1) is 6.58 Å². The molecule has 2 aliphatic heterocycles. The number of benzene rings is 1. The summed E-state index contributed by atoms with van der Waals surface area (Å²) in [7, 11) is 1.65. The zero-order valence-electron chi connectivity index (χ0n) is 13.2. The normalized spacial score (nSPS) is 32.7. The van der Waals surface area contributed by atoms with Gasteiger partial charge in [-0.3, -0.25) is 0 Å². The lowest BCUT2D eigenvalue weighted by molar-refractivity contribution is -0.213. The van der Waals surface area contributed by atoms with Crippen LogP contribution in [0.5, 0.6) is 5.75 Å². The number of fused-ring (bicyclic) bond motifs is 1. The van der Waals surface area contributed by atoms with Gasteiger partial charge in [0.25, 0.3) is 0 Å². The Kier molecular flexibility index (Phi) is 4.23. The molecule has 5 heteroatoms. The Morgan fingerprint density at radius 1 is 1.23 bits per heavy atom. The second kappa shape index (κ2) is 6.01. The topological polar surface area (TPSA) is 46.2 Å². The lowest BCUT2D eigenvalue weighted by Crippen LogP contribution is -2.35. The molecule has 2 fully saturated rings. The zero-order valence-corrected chi connectivity index (χ0v) is 13.2. The molecular weight excluding hydrogens is 284 g/mol. The SMILES string of the molecule is C=C[C@H]1OC2OC(C)(C)OC2[C@@H]1OCc1ccc(OC)cc1. The van der Waals surface area contributed by atoms with Gasteiger partial charge in [0, 0.05) is 0 Å². The van der Waals surface area contributed by atoms with E-state index in [4.69, 9.17) is 23.7 Å². The second-order valence-corrected chi connectivity index (χ2v) is 5.93. The number of ether oxygens (including phenoxy) is 5. The molecule has 0 spiro atoms. The maximum absolute atomic E-state index is 6.03. The van der Waals surface area contributed by atoms with Crippen molar-refractivity contribution >= 4 is 0 Å². The number of hydrogen-bond donors (Lipinski definition) is 0. The fourth-order valence-corrected chi connectivity index (χ4v) is 2.80. The molecular formula is C17H22O5. The molecule has 2 saturated heterocycles. The van der Waals surface area contributed by atoms with Crippen LogP contribution in [-0.4, -0.2) is 37.5 Å². The van der Waals surface area contributed by atoms with Crippen LogP contribution in [0.4, 0.5) is 0 Å². The Labute approximate surface area is 130 Å². The molecule has 3 rings (SSSR count). The average molecular weight is 306 g/mol. The highest BCUT2D eigenvalue weighted by Crippen LogP contribution is 2.39. The first kappa shape index (κ1) is 15.5. The minimum Gasteiger partial charge on any atom is -0.497 e. The Bertz CT molecular complexity index is 524. The van der Waals surface area contributed by atoms with Gasteiger partial charge in [0.1, 0.15) is 24.1 Å². The summed E-state index contributed by atoms with van der Waals surface area (Å²) in [6, 6.07) is 7.78. The van der Waals surface area contributed by atoms with Crippen molar-refractivity contribution in [2.75, 3.05) is 7.11 Å². The molecule has 1 aromatic rings. The summed E-state index contributed by atoms with van der Waals surface area (Å²) in [6.07, 6.45) is 0.627. The molecule has 0 aromatic heterocycles. The maximum Gasteiger partial charge on any atom is 0.190 e. The molecule has 2 aliphatic rings. The van der Waals surface area contributed by atoms with Crippen LogP contribution >= 0.6 is 0 Å². The van der Waals surface area contributed by atoms with E-state index in [1.54, 1.807) is 13.2 Å². The first-order valence-corrected chi connectivity index (χ1v) is 7.40. The summed E-state index contributed by atoms with van der Waals surface area (Å²) in [5.74, 6) is 0.176. The highest BCUT2D eigenvalue weighted by Gasteiger charge is 2.54. The fraction of sp³-hybridized carbons (Fsp3) is 0.529. The van der Waals surface area contributed by atoms with Crippen molar-refractivity contribution in [1.29, 1.82) is 0 Å². The van der Waals surface area contributed by atoms with E-state index in [1.165, 1.54) is 0 Å². The third-order valence-electron chi connectivity index (χ3n) is 3.86. The van der Waals surface area contributed by atoms with Crippen molar-refractivity contribution in [2.24, 2.45) is 0 Å². The standard InChI is InChI=1S/C17H22O5/c1-5-13-14(15-16(20-13)22-17(2,3)21-15)19-10-11-6-8-12(18-4)9-7-11/h5-9,13-16H,1,10H2,2-4H3/t13-,14-,15?,16?/m1/s1. The molecule has 0 radical (unpaired) electrons. The highest BCUT2D eigenvalue weighted by atomic mass is 16.8. The van der Waals surface area contributed by atoms with E-state index in [0.29, 0.717) is 6.61 Å². The van der Waals surface area contributed by atoms with Crippen molar-refractivity contribution < 1.29 is 23.7 Å². The van der Waals surface area contributed by atoms with Crippen LogP contribution in [0.3, 0.4) is 0 Å². The minimum absolute atomic E-state index is 0.230. The first-order valence-electron chi connectivity index (χ1n) is 7.40. The molecule has 4 atom stereocenters. The molecule has 2 heterocycles. The average Bonchev–Trinajstić information content (AvgIpc) is 2.97. The van der Waals surface area contributed by atoms with Crippen LogP contribution in [0, 0.1) is 0 Å². The number of methoxy groups -OCH3 is 1. The van der Waals surface area contributed by atoms with E-state index in [0.717, 1.165) is 11.3 Å². The quantitative estimate of drug-likeness (QED) is 0.783. The van der Waals surface area contributed by atoms with Gasteiger partial charge in [-0.25, -0.2) is 0 Å². The van der Waals surface area contributed by atoms with Crippen LogP contribution in [0.2, 0.25) is 0 Å². The van der Waals surface area contributed by atoms with E-state index in [2.05, 4.69) is 6.58 Å². The number of rotatable bonds is 5. The summed E-state index contributed by atoms with van der Waals surface area (Å²) in [5.41, 5.74) is 1.06. The molecule has 22 heavy (non-hydrogen) atoms. The number of hydrogen-bond acceptors (Lipinski definition) is 5. The summed E-state index contributed by atoms with van der Waals surface area (Å²) in [4.78, 5) is 0. The smallest absolute Gasteiger partial charge is 0.190 e. The zero-order chi connectivity index (χ0) is 15.7. The lowest BCUT2D eigenvalue weighted by atomic mass is 10.1. The van der Waals surface area contributed by atoms with Crippen molar-refractivity contribution in [3.63, 3.8) is 0 Å². The van der Waals surface area contributed by atoms with E-state index < -0.39 is 12.1 Å².